The first-order chi connectivity index (χ1) is 30.9. The zero-order valence-electron chi connectivity index (χ0n) is 35.7. The Morgan fingerprint density at radius 1 is 0.892 bits per heavy atom. The van der Waals surface area contributed by atoms with E-state index in [9.17, 15) is 51.6 Å². The highest BCUT2D eigenvalue weighted by atomic mass is 32.2. The first-order valence-corrected chi connectivity index (χ1v) is 22.1. The Balaban J connectivity index is 1.35. The number of ether oxygens (including phenoxy) is 1. The van der Waals surface area contributed by atoms with Crippen molar-refractivity contribution in [2.24, 2.45) is 16.8 Å². The summed E-state index contributed by atoms with van der Waals surface area (Å²) in [7, 11) is -4.45. The minimum absolute atomic E-state index is 0.115. The van der Waals surface area contributed by atoms with Gasteiger partial charge in [0.15, 0.2) is 0 Å². The highest BCUT2D eigenvalue weighted by Crippen LogP contribution is 2.16. The summed E-state index contributed by atoms with van der Waals surface area (Å²) in [6.45, 7) is 3.57. The number of hydrazone groups is 1. The minimum Gasteiger partial charge on any atom is -0.494 e. The Morgan fingerprint density at radius 2 is 1.60 bits per heavy atom. The molecule has 23 heteroatoms. The van der Waals surface area contributed by atoms with Gasteiger partial charge in [0, 0.05) is 24.7 Å². The fraction of sp³-hybridized carbons (Fsp3) is 0.405. The SMILES string of the molecule is CC(C)[C@@H]1NC(=O)[C@@H](Cc2ccc(OCCCNC(=O)c3ccc(N/N=C/c4ccccc4S(=O)(=O)O)nc3)cc2)NC(=O)[C@H](CC(=O)O)NC(=O)CNC(=O)[C@H](CCCCN)NC1=O. The lowest BCUT2D eigenvalue weighted by atomic mass is 9.99. The fourth-order valence-corrected chi connectivity index (χ4v) is 6.99. The highest BCUT2D eigenvalue weighted by molar-refractivity contribution is 7.86. The molecule has 1 aromatic heterocycles. The van der Waals surface area contributed by atoms with Crippen molar-refractivity contribution >= 4 is 63.6 Å². The Morgan fingerprint density at radius 3 is 2.26 bits per heavy atom. The van der Waals surface area contributed by atoms with E-state index >= 15 is 0 Å². The summed E-state index contributed by atoms with van der Waals surface area (Å²) < 4.78 is 38.3. The molecule has 6 amide bonds. The molecule has 65 heavy (non-hydrogen) atoms. The van der Waals surface area contributed by atoms with Crippen molar-refractivity contribution in [1.29, 1.82) is 0 Å². The third-order valence-corrected chi connectivity index (χ3v) is 10.7. The molecule has 0 unspecified atom stereocenters. The number of carbonyl (C=O) groups excluding carboxylic acids is 6. The van der Waals surface area contributed by atoms with Gasteiger partial charge in [-0.25, -0.2) is 4.98 Å². The maximum absolute atomic E-state index is 13.9. The number of carbonyl (C=O) groups is 7. The van der Waals surface area contributed by atoms with Gasteiger partial charge in [-0.3, -0.25) is 43.5 Å². The number of nitrogens with two attached hydrogens (primary N) is 1. The number of benzene rings is 2. The van der Waals surface area contributed by atoms with Crippen LogP contribution in [0.5, 0.6) is 5.75 Å². The van der Waals surface area contributed by atoms with E-state index in [2.05, 4.69) is 47.4 Å². The van der Waals surface area contributed by atoms with Crippen LogP contribution in [0.1, 0.15) is 67.4 Å². The van der Waals surface area contributed by atoms with Gasteiger partial charge in [0.2, 0.25) is 29.5 Å². The molecule has 1 fully saturated rings. The normalized spacial score (nSPS) is 18.9. The summed E-state index contributed by atoms with van der Waals surface area (Å²) in [6.07, 6.45) is 3.23. The lowest BCUT2D eigenvalue weighted by Crippen LogP contribution is -2.59. The average Bonchev–Trinajstić information content (AvgIpc) is 3.26. The fourth-order valence-electron chi connectivity index (χ4n) is 6.32. The molecule has 0 saturated carbocycles. The molecular formula is C42H54N10O12S. The summed E-state index contributed by atoms with van der Waals surface area (Å²) in [5.41, 5.74) is 9.20. The molecule has 1 saturated heterocycles. The first-order valence-electron chi connectivity index (χ1n) is 20.7. The molecule has 350 valence electrons. The lowest BCUT2D eigenvalue weighted by molar-refractivity contribution is -0.141. The van der Waals surface area contributed by atoms with Gasteiger partial charge in [-0.1, -0.05) is 44.2 Å². The smallest absolute Gasteiger partial charge is 0.305 e. The van der Waals surface area contributed by atoms with Crippen LogP contribution in [-0.4, -0.2) is 121 Å². The summed E-state index contributed by atoms with van der Waals surface area (Å²) in [5.74, 6) is -5.51. The van der Waals surface area contributed by atoms with Crippen molar-refractivity contribution in [3.8, 4) is 5.75 Å². The number of rotatable bonds is 19. The number of hydrogen-bond donors (Lipinski definition) is 10. The second kappa shape index (κ2) is 24.8. The van der Waals surface area contributed by atoms with Gasteiger partial charge in [-0.05, 0) is 74.0 Å². The van der Waals surface area contributed by atoms with Crippen LogP contribution in [0.3, 0.4) is 0 Å². The molecule has 2 aromatic carbocycles. The second-order valence-corrected chi connectivity index (χ2v) is 16.6. The van der Waals surface area contributed by atoms with Crippen LogP contribution >= 0.6 is 0 Å². The lowest BCUT2D eigenvalue weighted by Gasteiger charge is -2.27. The largest absolute Gasteiger partial charge is 0.494 e. The van der Waals surface area contributed by atoms with Crippen LogP contribution in [0, 0.1) is 5.92 Å². The first kappa shape index (κ1) is 50.7. The van der Waals surface area contributed by atoms with Crippen LogP contribution in [0.2, 0.25) is 0 Å². The molecule has 2 heterocycles. The summed E-state index contributed by atoms with van der Waals surface area (Å²) >= 11 is 0. The van der Waals surface area contributed by atoms with E-state index < -0.39 is 94.6 Å². The minimum atomic E-state index is -4.45. The van der Waals surface area contributed by atoms with E-state index in [1.165, 1.54) is 42.7 Å². The number of unbranched alkanes of at least 4 members (excludes halogenated alkanes) is 1. The van der Waals surface area contributed by atoms with E-state index in [0.29, 0.717) is 37.1 Å². The number of hydrogen-bond acceptors (Lipinski definition) is 14. The number of anilines is 1. The number of carboxylic acids is 1. The Kier molecular flexibility index (Phi) is 19.3. The molecule has 11 N–H and O–H groups in total. The Hall–Kier alpha value is -6.98. The standard InChI is InChI=1S/C42H54N10O12S/c1-25(2)37-42(60)49-30(9-5-6-17-43)39(57)46-24-35(53)48-32(21-36(54)55)40(58)50-31(41(59)51-37)20-26-11-14-29(15-12-26)64-19-7-18-44-38(56)28-13-16-34(45-22-28)52-47-23-27-8-3-4-10-33(27)65(61,62)63/h3-4,8,10-16,22-23,25,30-32,37H,5-7,9,17-21,24,43H2,1-2H3,(H,44,56)(H,45,52)(H,46,57)(H,48,53)(H,49,60)(H,50,58)(H,51,59)(H,54,55)(H,61,62,63)/b47-23+/t30-,31+,32-,37-/m0/s1. The van der Waals surface area contributed by atoms with Gasteiger partial charge in [-0.2, -0.15) is 13.5 Å². The van der Waals surface area contributed by atoms with E-state index in [1.807, 2.05) is 0 Å². The van der Waals surface area contributed by atoms with E-state index in [1.54, 1.807) is 44.2 Å². The molecule has 3 aromatic rings. The molecular weight excluding hydrogens is 869 g/mol. The van der Waals surface area contributed by atoms with Crippen LogP contribution in [0.15, 0.2) is 76.9 Å². The average molecular weight is 923 g/mol. The molecule has 0 spiro atoms. The number of aliphatic carboxylic acids is 1. The molecule has 1 aliphatic rings. The number of carboxylic acid groups (broad SMARTS) is 1. The van der Waals surface area contributed by atoms with E-state index in [-0.39, 0.29) is 47.8 Å². The van der Waals surface area contributed by atoms with E-state index in [4.69, 9.17) is 10.5 Å². The van der Waals surface area contributed by atoms with Gasteiger partial charge < -0.3 is 47.5 Å². The Labute approximate surface area is 375 Å². The Bertz CT molecular complexity index is 2290. The van der Waals surface area contributed by atoms with Gasteiger partial charge in [-0.15, -0.1) is 0 Å². The van der Waals surface area contributed by atoms with E-state index in [0.717, 1.165) is 0 Å². The predicted molar refractivity (Wildman–Crippen MR) is 235 cm³/mol. The monoisotopic (exact) mass is 922 g/mol. The van der Waals surface area contributed by atoms with Crippen molar-refractivity contribution < 1.29 is 56.4 Å². The number of amides is 6. The number of pyridine rings is 1. The van der Waals surface area contributed by atoms with Crippen LogP contribution < -0.4 is 47.8 Å². The maximum atomic E-state index is 13.9. The summed E-state index contributed by atoms with van der Waals surface area (Å²) in [5, 5.41) is 28.8. The molecule has 4 rings (SSSR count). The highest BCUT2D eigenvalue weighted by Gasteiger charge is 2.34. The number of nitrogens with zero attached hydrogens (tertiary/aromatic N) is 2. The summed E-state index contributed by atoms with van der Waals surface area (Å²) in [6, 6.07) is 10.1. The van der Waals surface area contributed by atoms with Gasteiger partial charge >= 0.3 is 5.97 Å². The van der Waals surface area contributed by atoms with Gasteiger partial charge in [0.05, 0.1) is 31.4 Å². The second-order valence-electron chi connectivity index (χ2n) is 15.2. The van der Waals surface area contributed by atoms with Crippen molar-refractivity contribution in [2.45, 2.75) is 81.4 Å². The molecule has 22 nitrogen and oxygen atoms in total. The van der Waals surface area contributed by atoms with Crippen LogP contribution in [0.4, 0.5) is 5.82 Å². The van der Waals surface area contributed by atoms with Crippen LogP contribution in [0.25, 0.3) is 0 Å². The molecule has 4 atom stereocenters. The molecule has 0 bridgehead atoms. The van der Waals surface area contributed by atoms with Crippen molar-refractivity contribution in [1.82, 2.24) is 36.9 Å². The van der Waals surface area contributed by atoms with Crippen molar-refractivity contribution in [3.63, 3.8) is 0 Å². The van der Waals surface area contributed by atoms with Gasteiger partial charge in [0.25, 0.3) is 16.0 Å². The third kappa shape index (κ3) is 16.6. The third-order valence-electron chi connectivity index (χ3n) is 9.76. The van der Waals surface area contributed by atoms with Crippen molar-refractivity contribution in [2.75, 3.05) is 31.7 Å². The van der Waals surface area contributed by atoms with Crippen LogP contribution in [-0.2, 0) is 45.3 Å². The number of aromatic nitrogens is 1. The molecule has 0 aliphatic carbocycles. The quantitative estimate of drug-likeness (QED) is 0.0323. The van der Waals surface area contributed by atoms with Crippen molar-refractivity contribution in [3.05, 3.63) is 83.6 Å². The zero-order chi connectivity index (χ0) is 47.5. The topological polar surface area (TPSA) is 339 Å². The maximum Gasteiger partial charge on any atom is 0.305 e. The van der Waals surface area contributed by atoms with Gasteiger partial charge in [0.1, 0.15) is 40.6 Å². The zero-order valence-corrected chi connectivity index (χ0v) is 36.6. The molecule has 0 radical (unpaired) electrons. The number of nitrogens with one attached hydrogen (secondary N) is 7. The predicted octanol–water partition coefficient (Wildman–Crippen LogP) is -0.156. The molecule has 1 aliphatic heterocycles. The summed E-state index contributed by atoms with van der Waals surface area (Å²) in [4.78, 5) is 94.9.